The van der Waals surface area contributed by atoms with E-state index in [1.54, 1.807) is 0 Å². The van der Waals surface area contributed by atoms with Gasteiger partial charge in [0, 0.05) is 0 Å². The SMILES string of the molecule is CC(C)CCCCCO[P+](=O)S. The number of rotatable bonds is 7. The van der Waals surface area contributed by atoms with Crippen LogP contribution in [0, 0.1) is 5.92 Å². The average Bonchev–Trinajstić information content (AvgIpc) is 1.95. The zero-order valence-corrected chi connectivity index (χ0v) is 9.61. The van der Waals surface area contributed by atoms with Gasteiger partial charge in [0.1, 0.15) is 18.9 Å². The van der Waals surface area contributed by atoms with Gasteiger partial charge in [-0.1, -0.05) is 33.1 Å². The summed E-state index contributed by atoms with van der Waals surface area (Å²) in [7, 11) is -1.69. The average molecular weight is 209 g/mol. The van der Waals surface area contributed by atoms with E-state index in [1.807, 2.05) is 0 Å². The van der Waals surface area contributed by atoms with Gasteiger partial charge in [0.2, 0.25) is 0 Å². The van der Waals surface area contributed by atoms with Crippen LogP contribution in [0.4, 0.5) is 0 Å². The minimum atomic E-state index is -1.69. The highest BCUT2D eigenvalue weighted by Crippen LogP contribution is 2.26. The van der Waals surface area contributed by atoms with Gasteiger partial charge in [-0.25, -0.2) is 0 Å². The quantitative estimate of drug-likeness (QED) is 0.392. The third-order valence-electron chi connectivity index (χ3n) is 1.63. The molecule has 0 aromatic heterocycles. The van der Waals surface area contributed by atoms with Crippen LogP contribution in [0.2, 0.25) is 0 Å². The fourth-order valence-corrected chi connectivity index (χ4v) is 1.50. The van der Waals surface area contributed by atoms with Crippen molar-refractivity contribution in [1.29, 1.82) is 0 Å². The summed E-state index contributed by atoms with van der Waals surface area (Å²) in [5.74, 6) is 0.785. The fourth-order valence-electron chi connectivity index (χ4n) is 0.974. The maximum Gasteiger partial charge on any atom is 0.582 e. The van der Waals surface area contributed by atoms with Crippen LogP contribution in [-0.2, 0) is 9.09 Å². The highest BCUT2D eigenvalue weighted by Gasteiger charge is 2.07. The van der Waals surface area contributed by atoms with Crippen LogP contribution in [0.15, 0.2) is 0 Å². The van der Waals surface area contributed by atoms with Crippen molar-refractivity contribution in [1.82, 2.24) is 0 Å². The number of unbranched alkanes of at least 4 members (excludes halogenated alkanes) is 2. The normalized spacial score (nSPS) is 12.2. The molecule has 0 heterocycles. The summed E-state index contributed by atoms with van der Waals surface area (Å²) >= 11 is 3.64. The van der Waals surface area contributed by atoms with Gasteiger partial charge >= 0.3 is 7.23 Å². The highest BCUT2D eigenvalue weighted by atomic mass is 32.7. The van der Waals surface area contributed by atoms with Gasteiger partial charge in [-0.05, 0) is 16.9 Å². The first-order valence-corrected chi connectivity index (χ1v) is 6.75. The van der Waals surface area contributed by atoms with E-state index < -0.39 is 7.23 Å². The zero-order chi connectivity index (χ0) is 9.40. The van der Waals surface area contributed by atoms with E-state index in [2.05, 4.69) is 26.1 Å². The van der Waals surface area contributed by atoms with Gasteiger partial charge in [0.25, 0.3) is 0 Å². The first-order chi connectivity index (χ1) is 5.63. The lowest BCUT2D eigenvalue weighted by Gasteiger charge is -2.01. The molecule has 0 aromatic carbocycles. The predicted octanol–water partition coefficient (Wildman–Crippen LogP) is 3.81. The minimum Gasteiger partial charge on any atom is -0.136 e. The summed E-state index contributed by atoms with van der Waals surface area (Å²) in [6.07, 6.45) is 4.67. The molecule has 0 aromatic rings. The van der Waals surface area contributed by atoms with Crippen molar-refractivity contribution < 1.29 is 9.09 Å². The molecule has 0 radical (unpaired) electrons. The second kappa shape index (κ2) is 8.03. The Morgan fingerprint density at radius 1 is 1.33 bits per heavy atom. The van der Waals surface area contributed by atoms with E-state index in [9.17, 15) is 4.57 Å². The fraction of sp³-hybridized carbons (Fsp3) is 1.00. The van der Waals surface area contributed by atoms with E-state index in [1.165, 1.54) is 12.8 Å². The smallest absolute Gasteiger partial charge is 0.136 e. The third-order valence-corrected chi connectivity index (χ3v) is 2.38. The summed E-state index contributed by atoms with van der Waals surface area (Å²) < 4.78 is 15.2. The van der Waals surface area contributed by atoms with Gasteiger partial charge < -0.3 is 0 Å². The van der Waals surface area contributed by atoms with Gasteiger partial charge in [-0.3, -0.25) is 0 Å². The van der Waals surface area contributed by atoms with Crippen molar-refractivity contribution in [3.63, 3.8) is 0 Å². The molecule has 0 rings (SSSR count). The van der Waals surface area contributed by atoms with Crippen LogP contribution < -0.4 is 0 Å². The minimum absolute atomic E-state index is 0.580. The maximum absolute atomic E-state index is 10.4. The Hall–Kier alpha value is 0.410. The first-order valence-electron chi connectivity index (χ1n) is 4.42. The molecule has 0 N–H and O–H groups in total. The summed E-state index contributed by atoms with van der Waals surface area (Å²) in [5, 5.41) is 0. The maximum atomic E-state index is 10.4. The molecule has 0 spiro atoms. The Kier molecular flexibility index (Phi) is 8.30. The van der Waals surface area contributed by atoms with Crippen LogP contribution >= 0.6 is 19.5 Å². The molecule has 0 amide bonds. The molecular weight excluding hydrogens is 191 g/mol. The summed E-state index contributed by atoms with van der Waals surface area (Å²) in [5.41, 5.74) is 0. The molecule has 0 aliphatic carbocycles. The van der Waals surface area contributed by atoms with Crippen molar-refractivity contribution in [3.05, 3.63) is 0 Å². The van der Waals surface area contributed by atoms with Crippen molar-refractivity contribution in [2.75, 3.05) is 6.61 Å². The Balaban J connectivity index is 2.96. The molecule has 0 saturated heterocycles. The van der Waals surface area contributed by atoms with E-state index in [0.29, 0.717) is 6.61 Å². The van der Waals surface area contributed by atoms with Crippen molar-refractivity contribution in [2.45, 2.75) is 39.5 Å². The Labute approximate surface area is 81.1 Å². The summed E-state index contributed by atoms with van der Waals surface area (Å²) in [6, 6.07) is 0. The standard InChI is InChI=1S/C8H17O2PS/c1-8(2)6-4-3-5-7-10-11(9)12/h8H,3-7H2,1-2H3/p+1. The van der Waals surface area contributed by atoms with Crippen LogP contribution in [0.5, 0.6) is 0 Å². The molecule has 0 saturated carbocycles. The molecule has 4 heteroatoms. The largest absolute Gasteiger partial charge is 0.582 e. The second-order valence-corrected chi connectivity index (χ2v) is 5.03. The monoisotopic (exact) mass is 209 g/mol. The van der Waals surface area contributed by atoms with Gasteiger partial charge in [0.05, 0.1) is 0 Å². The molecule has 0 aliphatic rings. The molecule has 0 aliphatic heterocycles. The highest BCUT2D eigenvalue weighted by molar-refractivity contribution is 8.39. The van der Waals surface area contributed by atoms with Crippen LogP contribution in [0.3, 0.4) is 0 Å². The lowest BCUT2D eigenvalue weighted by molar-refractivity contribution is 0.323. The predicted molar refractivity (Wildman–Crippen MR) is 55.9 cm³/mol. The van der Waals surface area contributed by atoms with Gasteiger partial charge in [-0.2, -0.15) is 0 Å². The van der Waals surface area contributed by atoms with Crippen molar-refractivity contribution in [2.24, 2.45) is 5.92 Å². The van der Waals surface area contributed by atoms with E-state index >= 15 is 0 Å². The van der Waals surface area contributed by atoms with Crippen LogP contribution in [0.1, 0.15) is 39.5 Å². The van der Waals surface area contributed by atoms with E-state index in [4.69, 9.17) is 4.52 Å². The molecule has 0 fully saturated rings. The van der Waals surface area contributed by atoms with Gasteiger partial charge in [0.15, 0.2) is 0 Å². The molecule has 12 heavy (non-hydrogen) atoms. The zero-order valence-electron chi connectivity index (χ0n) is 7.82. The molecule has 1 atom stereocenters. The van der Waals surface area contributed by atoms with Crippen molar-refractivity contribution in [3.8, 4) is 0 Å². The number of hydrogen-bond donors (Lipinski definition) is 1. The van der Waals surface area contributed by atoms with Crippen molar-refractivity contribution >= 4 is 19.5 Å². The topological polar surface area (TPSA) is 26.3 Å². The third kappa shape index (κ3) is 10.4. The van der Waals surface area contributed by atoms with Gasteiger partial charge in [-0.15, -0.1) is 4.52 Å². The second-order valence-electron chi connectivity index (χ2n) is 3.31. The Morgan fingerprint density at radius 2 is 2.00 bits per heavy atom. The number of hydrogen-bond acceptors (Lipinski definition) is 2. The van der Waals surface area contributed by atoms with E-state index in [-0.39, 0.29) is 0 Å². The Morgan fingerprint density at radius 3 is 2.50 bits per heavy atom. The Bertz CT molecular complexity index is 128. The molecule has 72 valence electrons. The lowest BCUT2D eigenvalue weighted by atomic mass is 10.1. The first kappa shape index (κ1) is 12.4. The lowest BCUT2D eigenvalue weighted by Crippen LogP contribution is -1.89. The molecule has 1 unspecified atom stereocenters. The van der Waals surface area contributed by atoms with E-state index in [0.717, 1.165) is 18.8 Å². The molecule has 2 nitrogen and oxygen atoms in total. The summed E-state index contributed by atoms with van der Waals surface area (Å²) in [4.78, 5) is 0. The molecular formula is C8H18O2PS+. The van der Waals surface area contributed by atoms with Crippen LogP contribution in [-0.4, -0.2) is 6.61 Å². The van der Waals surface area contributed by atoms with Crippen LogP contribution in [0.25, 0.3) is 0 Å². The number of thiol groups is 1. The molecule has 0 bridgehead atoms. The summed E-state index contributed by atoms with van der Waals surface area (Å²) in [6.45, 7) is 5.03.